The summed E-state index contributed by atoms with van der Waals surface area (Å²) in [7, 11) is 0. The van der Waals surface area contributed by atoms with E-state index in [0.717, 1.165) is 0 Å². The highest BCUT2D eigenvalue weighted by atomic mass is 79.9. The molecule has 0 amide bonds. The van der Waals surface area contributed by atoms with Crippen molar-refractivity contribution in [2.45, 2.75) is 6.92 Å². The minimum atomic E-state index is -0.381. The molecule has 16 heavy (non-hydrogen) atoms. The van der Waals surface area contributed by atoms with Gasteiger partial charge in [-0.25, -0.2) is 9.37 Å². The van der Waals surface area contributed by atoms with Crippen molar-refractivity contribution in [2.75, 3.05) is 0 Å². The van der Waals surface area contributed by atoms with E-state index in [9.17, 15) is 9.18 Å². The Bertz CT molecular complexity index is 575. The Kier molecular flexibility index (Phi) is 2.87. The van der Waals surface area contributed by atoms with E-state index in [4.69, 9.17) is 0 Å². The quantitative estimate of drug-likeness (QED) is 0.874. The van der Waals surface area contributed by atoms with Gasteiger partial charge < -0.3 is 4.98 Å². The number of hydrogen-bond acceptors (Lipinski definition) is 2. The van der Waals surface area contributed by atoms with Crippen molar-refractivity contribution in [1.82, 2.24) is 9.97 Å². The summed E-state index contributed by atoms with van der Waals surface area (Å²) in [6, 6.07) is 5.75. The molecule has 0 radical (unpaired) electrons. The highest BCUT2D eigenvalue weighted by Crippen LogP contribution is 2.21. The zero-order chi connectivity index (χ0) is 11.7. The van der Waals surface area contributed by atoms with Crippen molar-refractivity contribution in [2.24, 2.45) is 0 Å². The molecular formula is C11H8BrFN2O. The third-order valence-corrected chi connectivity index (χ3v) is 2.46. The van der Waals surface area contributed by atoms with Crippen LogP contribution in [-0.4, -0.2) is 9.97 Å². The topological polar surface area (TPSA) is 45.8 Å². The van der Waals surface area contributed by atoms with Crippen LogP contribution in [0.25, 0.3) is 11.4 Å². The molecular weight excluding hydrogens is 275 g/mol. The van der Waals surface area contributed by atoms with Crippen LogP contribution in [0.3, 0.4) is 0 Å². The van der Waals surface area contributed by atoms with Crippen LogP contribution in [0.2, 0.25) is 0 Å². The van der Waals surface area contributed by atoms with Gasteiger partial charge >= 0.3 is 0 Å². The summed E-state index contributed by atoms with van der Waals surface area (Å²) in [4.78, 5) is 18.0. The Balaban J connectivity index is 2.62. The van der Waals surface area contributed by atoms with Gasteiger partial charge in [0.15, 0.2) is 0 Å². The van der Waals surface area contributed by atoms with Gasteiger partial charge in [0, 0.05) is 21.8 Å². The molecule has 0 saturated heterocycles. The van der Waals surface area contributed by atoms with Crippen LogP contribution < -0.4 is 5.56 Å². The zero-order valence-corrected chi connectivity index (χ0v) is 10.0. The van der Waals surface area contributed by atoms with Crippen molar-refractivity contribution in [3.63, 3.8) is 0 Å². The molecule has 0 atom stereocenters. The van der Waals surface area contributed by atoms with E-state index in [0.29, 0.717) is 21.6 Å². The molecule has 0 saturated carbocycles. The van der Waals surface area contributed by atoms with Crippen molar-refractivity contribution in [1.29, 1.82) is 0 Å². The average Bonchev–Trinajstić information content (AvgIpc) is 2.14. The molecule has 1 heterocycles. The molecule has 0 aliphatic rings. The zero-order valence-electron chi connectivity index (χ0n) is 8.42. The van der Waals surface area contributed by atoms with Gasteiger partial charge in [0.25, 0.3) is 5.56 Å². The smallest absolute Gasteiger partial charge is 0.251 e. The van der Waals surface area contributed by atoms with Crippen LogP contribution in [0.1, 0.15) is 5.69 Å². The van der Waals surface area contributed by atoms with Gasteiger partial charge in [-0.2, -0.15) is 0 Å². The predicted octanol–water partition coefficient (Wildman–Crippen LogP) is 2.65. The number of nitrogens with one attached hydrogen (secondary N) is 1. The monoisotopic (exact) mass is 282 g/mol. The van der Waals surface area contributed by atoms with Gasteiger partial charge in [0.1, 0.15) is 11.6 Å². The molecule has 1 aromatic carbocycles. The number of rotatable bonds is 1. The lowest BCUT2D eigenvalue weighted by Crippen LogP contribution is -2.08. The molecule has 0 unspecified atom stereocenters. The van der Waals surface area contributed by atoms with Gasteiger partial charge in [-0.3, -0.25) is 4.79 Å². The predicted molar refractivity (Wildman–Crippen MR) is 62.7 cm³/mol. The maximum atomic E-state index is 13.2. The third kappa shape index (κ3) is 2.36. The molecule has 2 rings (SSSR count). The first-order chi connectivity index (χ1) is 7.54. The fourth-order valence-corrected chi connectivity index (χ4v) is 1.87. The molecule has 0 aliphatic heterocycles. The van der Waals surface area contributed by atoms with E-state index in [1.54, 1.807) is 13.0 Å². The first kappa shape index (κ1) is 11.0. The van der Waals surface area contributed by atoms with Crippen LogP contribution in [-0.2, 0) is 0 Å². The maximum Gasteiger partial charge on any atom is 0.251 e. The number of H-pyrrole nitrogens is 1. The second kappa shape index (κ2) is 4.17. The minimum Gasteiger partial charge on any atom is -0.307 e. The summed E-state index contributed by atoms with van der Waals surface area (Å²) in [5, 5.41) is 0. The van der Waals surface area contributed by atoms with Crippen LogP contribution in [0, 0.1) is 12.7 Å². The van der Waals surface area contributed by atoms with E-state index in [1.165, 1.54) is 18.2 Å². The van der Waals surface area contributed by atoms with Gasteiger partial charge in [-0.05, 0) is 25.1 Å². The second-order valence-corrected chi connectivity index (χ2v) is 4.31. The summed E-state index contributed by atoms with van der Waals surface area (Å²) in [6.07, 6.45) is 0. The van der Waals surface area contributed by atoms with E-state index in [1.807, 2.05) is 0 Å². The molecule has 5 heteroatoms. The van der Waals surface area contributed by atoms with E-state index >= 15 is 0 Å². The van der Waals surface area contributed by atoms with Crippen LogP contribution >= 0.6 is 15.9 Å². The second-order valence-electron chi connectivity index (χ2n) is 3.39. The lowest BCUT2D eigenvalue weighted by atomic mass is 10.2. The molecule has 82 valence electrons. The van der Waals surface area contributed by atoms with E-state index in [-0.39, 0.29) is 11.4 Å². The van der Waals surface area contributed by atoms with Crippen molar-refractivity contribution in [3.8, 4) is 11.4 Å². The molecule has 2 aromatic rings. The molecule has 0 spiro atoms. The molecule has 1 N–H and O–H groups in total. The fraction of sp³-hybridized carbons (Fsp3) is 0.0909. The number of benzene rings is 1. The number of aromatic amines is 1. The summed E-state index contributed by atoms with van der Waals surface area (Å²) in [5.74, 6) is -0.0151. The number of halogens is 2. The van der Waals surface area contributed by atoms with Gasteiger partial charge in [-0.1, -0.05) is 15.9 Å². The van der Waals surface area contributed by atoms with E-state index in [2.05, 4.69) is 25.9 Å². The van der Waals surface area contributed by atoms with E-state index < -0.39 is 0 Å². The first-order valence-electron chi connectivity index (χ1n) is 4.59. The Morgan fingerprint density at radius 1 is 1.31 bits per heavy atom. The average molecular weight is 283 g/mol. The summed E-state index contributed by atoms with van der Waals surface area (Å²) >= 11 is 3.19. The summed E-state index contributed by atoms with van der Waals surface area (Å²) < 4.78 is 13.8. The molecule has 3 nitrogen and oxygen atoms in total. The highest BCUT2D eigenvalue weighted by molar-refractivity contribution is 9.10. The molecule has 1 aromatic heterocycles. The third-order valence-electron chi connectivity index (χ3n) is 2.01. The van der Waals surface area contributed by atoms with Crippen LogP contribution in [0.15, 0.2) is 33.5 Å². The molecule has 0 aliphatic carbocycles. The lowest BCUT2D eigenvalue weighted by molar-refractivity contribution is 0.627. The van der Waals surface area contributed by atoms with Gasteiger partial charge in [-0.15, -0.1) is 0 Å². The largest absolute Gasteiger partial charge is 0.307 e. The SMILES string of the molecule is Cc1cc(=O)[nH]c(-c2cc(F)cc(Br)c2)n1. The minimum absolute atomic E-state index is 0.247. The number of aromatic nitrogens is 2. The molecule has 0 fully saturated rings. The van der Waals surface area contributed by atoms with Crippen LogP contribution in [0.4, 0.5) is 4.39 Å². The molecule has 0 bridgehead atoms. The number of hydrogen-bond donors (Lipinski definition) is 1. The lowest BCUT2D eigenvalue weighted by Gasteiger charge is -2.02. The first-order valence-corrected chi connectivity index (χ1v) is 5.38. The van der Waals surface area contributed by atoms with Crippen molar-refractivity contribution < 1.29 is 4.39 Å². The van der Waals surface area contributed by atoms with Crippen molar-refractivity contribution in [3.05, 3.63) is 50.6 Å². The fourth-order valence-electron chi connectivity index (χ4n) is 1.41. The maximum absolute atomic E-state index is 13.2. The highest BCUT2D eigenvalue weighted by Gasteiger charge is 2.05. The van der Waals surface area contributed by atoms with Crippen LogP contribution in [0.5, 0.6) is 0 Å². The van der Waals surface area contributed by atoms with Gasteiger partial charge in [0.05, 0.1) is 0 Å². The van der Waals surface area contributed by atoms with Gasteiger partial charge in [0.2, 0.25) is 0 Å². The Labute approximate surface area is 99.5 Å². The summed E-state index contributed by atoms with van der Waals surface area (Å²) in [6.45, 7) is 1.72. The standard InChI is InChI=1S/C11H8BrFN2O/c1-6-2-10(16)15-11(14-6)7-3-8(12)5-9(13)4-7/h2-5H,1H3,(H,14,15,16). The number of aryl methyl sites for hydroxylation is 1. The number of nitrogens with zero attached hydrogens (tertiary/aromatic N) is 1. The Morgan fingerprint density at radius 2 is 2.06 bits per heavy atom. The van der Waals surface area contributed by atoms with Crippen molar-refractivity contribution >= 4 is 15.9 Å². The summed E-state index contributed by atoms with van der Waals surface area (Å²) in [5.41, 5.74) is 0.884. The Morgan fingerprint density at radius 3 is 2.69 bits per heavy atom. The Hall–Kier alpha value is -1.49. The normalized spacial score (nSPS) is 10.4.